The number of nitrogens with zero attached hydrogens (tertiary/aromatic N) is 2. The van der Waals surface area contributed by atoms with Gasteiger partial charge in [0.15, 0.2) is 5.78 Å². The van der Waals surface area contributed by atoms with Gasteiger partial charge in [0, 0.05) is 15.5 Å². The molecule has 0 aliphatic heterocycles. The smallest absolute Gasteiger partial charge is 0.333 e. The third kappa shape index (κ3) is 3.08. The number of carbonyl (C=O) groups is 2. The van der Waals surface area contributed by atoms with E-state index < -0.39 is 23.8 Å². The van der Waals surface area contributed by atoms with Gasteiger partial charge in [0.05, 0.1) is 11.9 Å². The van der Waals surface area contributed by atoms with Crippen molar-refractivity contribution in [3.05, 3.63) is 66.1 Å². The van der Waals surface area contributed by atoms with Gasteiger partial charge in [-0.3, -0.25) is 19.0 Å². The van der Waals surface area contributed by atoms with Gasteiger partial charge in [-0.2, -0.15) is 0 Å². The highest BCUT2D eigenvalue weighted by Gasteiger charge is 2.26. The Kier molecular flexibility index (Phi) is 4.68. The van der Waals surface area contributed by atoms with Crippen LogP contribution in [0.15, 0.2) is 33.9 Å². The highest BCUT2D eigenvalue weighted by molar-refractivity contribution is 7.19. The normalized spacial score (nSPS) is 13.0. The summed E-state index contributed by atoms with van der Waals surface area (Å²) in [4.78, 5) is 51.1. The maximum absolute atomic E-state index is 12.9. The molecule has 0 bridgehead atoms. The molecule has 1 aliphatic carbocycles. The quantitative estimate of drug-likeness (QED) is 0.641. The largest absolute Gasteiger partial charge is 0.480 e. The van der Waals surface area contributed by atoms with Gasteiger partial charge in [0.2, 0.25) is 0 Å². The summed E-state index contributed by atoms with van der Waals surface area (Å²) in [6.45, 7) is -1.02. The molecular weight excluding hydrogens is 404 g/mol. The maximum Gasteiger partial charge on any atom is 0.333 e. The second-order valence-electron chi connectivity index (χ2n) is 6.62. The van der Waals surface area contributed by atoms with Crippen LogP contribution in [-0.2, 0) is 30.7 Å². The third-order valence-electron chi connectivity index (χ3n) is 4.83. The topological polar surface area (TPSA) is 98.4 Å². The predicted molar refractivity (Wildman–Crippen MR) is 106 cm³/mol. The minimum atomic E-state index is -1.29. The van der Waals surface area contributed by atoms with E-state index in [1.807, 2.05) is 0 Å². The number of Topliss-reactive ketones (excluding diaryl/α,β-unsaturated/α-hetero) is 1. The minimum absolute atomic E-state index is 0.281. The zero-order valence-electron chi connectivity index (χ0n) is 14.6. The standard InChI is InChI=1S/C19H15ClN2O5S/c20-11-6-4-10(5-7-11)13(23)8-22-18-16(12-2-1-3-14(12)28-18)17(26)21(19(22)27)9-15(24)25/h4-7H,1-3,8-9H2,(H,24,25). The Morgan fingerprint density at radius 3 is 2.46 bits per heavy atom. The molecular formula is C19H15ClN2O5S. The zero-order valence-corrected chi connectivity index (χ0v) is 16.2. The van der Waals surface area contributed by atoms with E-state index in [0.717, 1.165) is 23.3 Å². The van der Waals surface area contributed by atoms with Crippen molar-refractivity contribution in [1.82, 2.24) is 9.13 Å². The van der Waals surface area contributed by atoms with Crippen LogP contribution in [0.25, 0.3) is 10.2 Å². The van der Waals surface area contributed by atoms with E-state index in [1.54, 1.807) is 24.3 Å². The van der Waals surface area contributed by atoms with Crippen molar-refractivity contribution in [2.24, 2.45) is 0 Å². The SMILES string of the molecule is O=C(O)Cn1c(=O)c2c3c(sc2n(CC(=O)c2ccc(Cl)cc2)c1=O)CCC3. The Labute approximate surface area is 167 Å². The van der Waals surface area contributed by atoms with Crippen LogP contribution in [0.5, 0.6) is 0 Å². The molecule has 2 heterocycles. The number of hydrogen-bond donors (Lipinski definition) is 1. The summed E-state index contributed by atoms with van der Waals surface area (Å²) in [7, 11) is 0. The number of carboxylic acids is 1. The van der Waals surface area contributed by atoms with E-state index in [2.05, 4.69) is 0 Å². The van der Waals surface area contributed by atoms with Crippen LogP contribution in [0, 0.1) is 0 Å². The first-order valence-electron chi connectivity index (χ1n) is 8.65. The molecule has 4 rings (SSSR count). The van der Waals surface area contributed by atoms with Crippen molar-refractivity contribution in [2.45, 2.75) is 32.4 Å². The molecule has 0 amide bonds. The van der Waals surface area contributed by atoms with Gasteiger partial charge in [-0.1, -0.05) is 11.6 Å². The van der Waals surface area contributed by atoms with Gasteiger partial charge in [-0.15, -0.1) is 11.3 Å². The van der Waals surface area contributed by atoms with Gasteiger partial charge in [0.25, 0.3) is 5.56 Å². The van der Waals surface area contributed by atoms with Crippen LogP contribution in [0.1, 0.15) is 27.2 Å². The molecule has 9 heteroatoms. The first-order valence-corrected chi connectivity index (χ1v) is 9.84. The highest BCUT2D eigenvalue weighted by atomic mass is 35.5. The lowest BCUT2D eigenvalue weighted by atomic mass is 10.1. The number of thiophene rings is 1. The molecule has 0 fully saturated rings. The molecule has 0 radical (unpaired) electrons. The van der Waals surface area contributed by atoms with Crippen molar-refractivity contribution < 1.29 is 14.7 Å². The molecule has 1 N–H and O–H groups in total. The summed E-state index contributed by atoms with van der Waals surface area (Å²) < 4.78 is 1.92. The van der Waals surface area contributed by atoms with Crippen molar-refractivity contribution >= 4 is 44.9 Å². The Morgan fingerprint density at radius 1 is 1.07 bits per heavy atom. The number of rotatable bonds is 5. The first kappa shape index (κ1) is 18.6. The van der Waals surface area contributed by atoms with Crippen molar-refractivity contribution in [1.29, 1.82) is 0 Å². The fraction of sp³-hybridized carbons (Fsp3) is 0.263. The number of ketones is 1. The number of fused-ring (bicyclic) bond motifs is 3. The second-order valence-corrected chi connectivity index (χ2v) is 8.14. The van der Waals surface area contributed by atoms with Crippen molar-refractivity contribution in [3.63, 3.8) is 0 Å². The van der Waals surface area contributed by atoms with Gasteiger partial charge < -0.3 is 5.11 Å². The number of aliphatic carboxylic acids is 1. The summed E-state index contributed by atoms with van der Waals surface area (Å²) in [5.74, 6) is -1.62. The van der Waals surface area contributed by atoms with Crippen LogP contribution in [0.3, 0.4) is 0 Å². The molecule has 28 heavy (non-hydrogen) atoms. The molecule has 0 spiro atoms. The average molecular weight is 419 g/mol. The molecule has 7 nitrogen and oxygen atoms in total. The van der Waals surface area contributed by atoms with Crippen LogP contribution < -0.4 is 11.2 Å². The molecule has 2 aromatic heterocycles. The van der Waals surface area contributed by atoms with E-state index in [-0.39, 0.29) is 12.3 Å². The lowest BCUT2D eigenvalue weighted by molar-refractivity contribution is -0.137. The first-order chi connectivity index (χ1) is 13.4. The molecule has 0 saturated carbocycles. The Bertz CT molecular complexity index is 1240. The average Bonchev–Trinajstić information content (AvgIpc) is 3.23. The lowest BCUT2D eigenvalue weighted by Crippen LogP contribution is -2.42. The van der Waals surface area contributed by atoms with Crippen LogP contribution in [0.2, 0.25) is 5.02 Å². The number of aromatic nitrogens is 2. The number of hydrogen-bond acceptors (Lipinski definition) is 5. The molecule has 0 atom stereocenters. The van der Waals surface area contributed by atoms with Gasteiger partial charge in [-0.05, 0) is 49.1 Å². The molecule has 1 aliphatic rings. The Hall–Kier alpha value is -2.71. The van der Waals surface area contributed by atoms with E-state index in [9.17, 15) is 19.2 Å². The Balaban J connectivity index is 1.90. The number of carbonyl (C=O) groups excluding carboxylic acids is 1. The van der Waals surface area contributed by atoms with Crippen LogP contribution in [0.4, 0.5) is 0 Å². The lowest BCUT2D eigenvalue weighted by Gasteiger charge is -2.11. The van der Waals surface area contributed by atoms with E-state index in [0.29, 0.717) is 31.8 Å². The van der Waals surface area contributed by atoms with E-state index in [4.69, 9.17) is 16.7 Å². The molecule has 1 aromatic carbocycles. The molecule has 144 valence electrons. The summed E-state index contributed by atoms with van der Waals surface area (Å²) in [6, 6.07) is 6.29. The number of carboxylic acid groups (broad SMARTS) is 1. The predicted octanol–water partition coefficient (Wildman–Crippen LogP) is 2.33. The Morgan fingerprint density at radius 2 is 1.79 bits per heavy atom. The van der Waals surface area contributed by atoms with Crippen LogP contribution >= 0.6 is 22.9 Å². The monoisotopic (exact) mass is 418 g/mol. The van der Waals surface area contributed by atoms with Crippen molar-refractivity contribution in [3.8, 4) is 0 Å². The van der Waals surface area contributed by atoms with Gasteiger partial charge >= 0.3 is 11.7 Å². The highest BCUT2D eigenvalue weighted by Crippen LogP contribution is 2.35. The van der Waals surface area contributed by atoms with E-state index >= 15 is 0 Å². The fourth-order valence-corrected chi connectivity index (χ4v) is 5.04. The fourth-order valence-electron chi connectivity index (χ4n) is 3.54. The number of halogens is 1. The second kappa shape index (κ2) is 7.03. The number of aryl methyl sites for hydroxylation is 2. The summed E-state index contributed by atoms with van der Waals surface area (Å²) >= 11 is 7.19. The van der Waals surface area contributed by atoms with Gasteiger partial charge in [0.1, 0.15) is 11.4 Å². The van der Waals surface area contributed by atoms with Gasteiger partial charge in [-0.25, -0.2) is 9.36 Å². The summed E-state index contributed by atoms with van der Waals surface area (Å²) in [5, 5.41) is 9.97. The number of benzene rings is 1. The summed E-state index contributed by atoms with van der Waals surface area (Å²) in [6.07, 6.45) is 2.44. The third-order valence-corrected chi connectivity index (χ3v) is 6.40. The summed E-state index contributed by atoms with van der Waals surface area (Å²) in [5.41, 5.74) is -0.138. The molecule has 0 unspecified atom stereocenters. The molecule has 3 aromatic rings. The van der Waals surface area contributed by atoms with Crippen LogP contribution in [-0.4, -0.2) is 26.0 Å². The maximum atomic E-state index is 12.9. The zero-order chi connectivity index (χ0) is 20.0. The molecule has 0 saturated heterocycles. The van der Waals surface area contributed by atoms with Crippen molar-refractivity contribution in [2.75, 3.05) is 0 Å². The van der Waals surface area contributed by atoms with E-state index in [1.165, 1.54) is 15.9 Å². The minimum Gasteiger partial charge on any atom is -0.480 e.